The average molecular weight is 404 g/mol. The number of nitrogens with zero attached hydrogens (tertiary/aromatic N) is 1. The summed E-state index contributed by atoms with van der Waals surface area (Å²) in [6.45, 7) is -2.33. The molecule has 0 atom stereocenters. The van der Waals surface area contributed by atoms with Crippen LogP contribution in [0.1, 0.15) is 10.5 Å². The van der Waals surface area contributed by atoms with E-state index in [2.05, 4.69) is 9.72 Å². The van der Waals surface area contributed by atoms with Gasteiger partial charge in [-0.05, 0) is 18.2 Å². The molecule has 1 N–H and O–H groups in total. The molecule has 11 heteroatoms. The van der Waals surface area contributed by atoms with E-state index in [-0.39, 0.29) is 5.69 Å². The van der Waals surface area contributed by atoms with E-state index in [4.69, 9.17) is 9.47 Å². The highest BCUT2D eigenvalue weighted by Crippen LogP contribution is 2.33. The van der Waals surface area contributed by atoms with Gasteiger partial charge in [-0.15, -0.1) is 11.3 Å². The van der Waals surface area contributed by atoms with Crippen LogP contribution in [-0.2, 0) is 9.53 Å². The minimum atomic E-state index is -4.54. The van der Waals surface area contributed by atoms with Crippen LogP contribution in [0.4, 0.5) is 13.2 Å². The van der Waals surface area contributed by atoms with Crippen LogP contribution in [0.25, 0.3) is 10.6 Å². The van der Waals surface area contributed by atoms with Gasteiger partial charge in [-0.1, -0.05) is 0 Å². The van der Waals surface area contributed by atoms with E-state index in [1.807, 2.05) is 0 Å². The van der Waals surface area contributed by atoms with E-state index in [1.54, 1.807) is 23.5 Å². The van der Waals surface area contributed by atoms with Crippen LogP contribution in [0.15, 0.2) is 23.6 Å². The summed E-state index contributed by atoms with van der Waals surface area (Å²) >= 11 is 1.15. The van der Waals surface area contributed by atoms with Crippen LogP contribution in [0.3, 0.4) is 0 Å². The van der Waals surface area contributed by atoms with Gasteiger partial charge in [0.2, 0.25) is 0 Å². The number of aromatic nitrogens is 1. The molecular formula is C16H15F3N2O5S. The van der Waals surface area contributed by atoms with Gasteiger partial charge < -0.3 is 19.5 Å². The number of benzene rings is 1. The Morgan fingerprint density at radius 1 is 1.19 bits per heavy atom. The first-order chi connectivity index (χ1) is 12.7. The van der Waals surface area contributed by atoms with Crippen molar-refractivity contribution in [3.8, 4) is 22.1 Å². The molecule has 146 valence electrons. The maximum Gasteiger partial charge on any atom is 0.405 e. The summed E-state index contributed by atoms with van der Waals surface area (Å²) in [6, 6.07) is 5.08. The number of methoxy groups -OCH3 is 2. The molecule has 0 aliphatic heterocycles. The predicted molar refractivity (Wildman–Crippen MR) is 90.0 cm³/mol. The lowest BCUT2D eigenvalue weighted by atomic mass is 10.2. The molecule has 1 aromatic carbocycles. The minimum absolute atomic E-state index is 0.0617. The Bertz CT molecular complexity index is 823. The highest BCUT2D eigenvalue weighted by Gasteiger charge is 2.28. The molecule has 0 spiro atoms. The number of thiazole rings is 1. The fourth-order valence-electron chi connectivity index (χ4n) is 1.92. The Morgan fingerprint density at radius 3 is 2.52 bits per heavy atom. The molecule has 0 fully saturated rings. The van der Waals surface area contributed by atoms with Crippen molar-refractivity contribution in [1.29, 1.82) is 0 Å². The fraction of sp³-hybridized carbons (Fsp3) is 0.312. The van der Waals surface area contributed by atoms with Crippen molar-refractivity contribution in [3.63, 3.8) is 0 Å². The van der Waals surface area contributed by atoms with Crippen molar-refractivity contribution in [2.45, 2.75) is 6.18 Å². The highest BCUT2D eigenvalue weighted by atomic mass is 32.1. The van der Waals surface area contributed by atoms with Gasteiger partial charge in [0.15, 0.2) is 23.8 Å². The number of hydrogen-bond acceptors (Lipinski definition) is 7. The maximum atomic E-state index is 12.0. The minimum Gasteiger partial charge on any atom is -0.493 e. The molecule has 0 aliphatic rings. The molecule has 0 unspecified atom stereocenters. The van der Waals surface area contributed by atoms with Gasteiger partial charge in [-0.3, -0.25) is 4.79 Å². The molecule has 7 nitrogen and oxygen atoms in total. The molecule has 2 aromatic rings. The Hall–Kier alpha value is -2.82. The van der Waals surface area contributed by atoms with Crippen molar-refractivity contribution in [1.82, 2.24) is 10.3 Å². The van der Waals surface area contributed by atoms with E-state index in [0.29, 0.717) is 22.1 Å². The summed E-state index contributed by atoms with van der Waals surface area (Å²) in [5, 5.41) is 3.51. The predicted octanol–water partition coefficient (Wildman–Crippen LogP) is 2.66. The zero-order valence-electron chi connectivity index (χ0n) is 14.3. The molecular weight excluding hydrogens is 389 g/mol. The summed E-state index contributed by atoms with van der Waals surface area (Å²) in [5.74, 6) is -0.964. The molecule has 2 rings (SSSR count). The third-order valence-corrected chi connectivity index (χ3v) is 4.06. The molecule has 0 aliphatic carbocycles. The van der Waals surface area contributed by atoms with Gasteiger partial charge in [-0.2, -0.15) is 13.2 Å². The lowest BCUT2D eigenvalue weighted by Gasteiger charge is -2.08. The standard InChI is InChI=1S/C16H15F3N2O5S/c1-24-11-4-3-9(5-12(11)25-2)14-21-10(7-27-14)15(23)26-6-13(22)20-8-16(17,18)19/h3-5,7H,6,8H2,1-2H3,(H,20,22). The fourth-order valence-corrected chi connectivity index (χ4v) is 2.71. The first kappa shape index (κ1) is 20.5. The molecule has 1 aromatic heterocycles. The molecule has 0 radical (unpaired) electrons. The molecule has 1 amide bonds. The molecule has 0 bridgehead atoms. The number of esters is 1. The maximum absolute atomic E-state index is 12.0. The average Bonchev–Trinajstić information content (AvgIpc) is 3.13. The van der Waals surface area contributed by atoms with Crippen molar-refractivity contribution in [2.75, 3.05) is 27.4 Å². The van der Waals surface area contributed by atoms with E-state index < -0.39 is 31.2 Å². The zero-order valence-corrected chi connectivity index (χ0v) is 15.1. The summed E-state index contributed by atoms with van der Waals surface area (Å²) in [4.78, 5) is 27.3. The normalized spacial score (nSPS) is 11.0. The topological polar surface area (TPSA) is 86.8 Å². The number of nitrogens with one attached hydrogen (secondary N) is 1. The van der Waals surface area contributed by atoms with Gasteiger partial charge in [-0.25, -0.2) is 9.78 Å². The summed E-state index contributed by atoms with van der Waals surface area (Å²) in [6.07, 6.45) is -4.54. The second-order valence-corrected chi connectivity index (χ2v) is 5.93. The Kier molecular flexibility index (Phi) is 6.61. The number of alkyl halides is 3. The molecule has 27 heavy (non-hydrogen) atoms. The largest absolute Gasteiger partial charge is 0.493 e. The summed E-state index contributed by atoms with van der Waals surface area (Å²) in [5.41, 5.74) is 0.605. The Labute approximate surface area is 156 Å². The van der Waals surface area contributed by atoms with Gasteiger partial charge in [0, 0.05) is 10.9 Å². The first-order valence-corrected chi connectivity index (χ1v) is 8.30. The number of hydrogen-bond donors (Lipinski definition) is 1. The quantitative estimate of drug-likeness (QED) is 0.714. The number of carbonyl (C=O) groups excluding carboxylic acids is 2. The van der Waals surface area contributed by atoms with E-state index in [9.17, 15) is 22.8 Å². The van der Waals surface area contributed by atoms with Crippen LogP contribution in [-0.4, -0.2) is 50.4 Å². The van der Waals surface area contributed by atoms with Crippen molar-refractivity contribution >= 4 is 23.2 Å². The number of carbonyl (C=O) groups is 2. The lowest BCUT2D eigenvalue weighted by molar-refractivity contribution is -0.140. The first-order valence-electron chi connectivity index (χ1n) is 7.42. The molecule has 0 saturated carbocycles. The number of amides is 1. The number of rotatable bonds is 7. The Morgan fingerprint density at radius 2 is 1.89 bits per heavy atom. The van der Waals surface area contributed by atoms with E-state index in [1.165, 1.54) is 19.6 Å². The second-order valence-electron chi connectivity index (χ2n) is 5.08. The van der Waals surface area contributed by atoms with Gasteiger partial charge in [0.05, 0.1) is 14.2 Å². The molecule has 0 saturated heterocycles. The highest BCUT2D eigenvalue weighted by molar-refractivity contribution is 7.13. The van der Waals surface area contributed by atoms with Crippen LogP contribution in [0.5, 0.6) is 11.5 Å². The van der Waals surface area contributed by atoms with Gasteiger partial charge in [0.1, 0.15) is 11.6 Å². The number of halogens is 3. The Balaban J connectivity index is 1.99. The van der Waals surface area contributed by atoms with Gasteiger partial charge >= 0.3 is 12.1 Å². The number of ether oxygens (including phenoxy) is 3. The van der Waals surface area contributed by atoms with E-state index in [0.717, 1.165) is 11.3 Å². The third kappa shape index (κ3) is 5.84. The third-order valence-electron chi connectivity index (χ3n) is 3.16. The van der Waals surface area contributed by atoms with Gasteiger partial charge in [0.25, 0.3) is 5.91 Å². The SMILES string of the molecule is COc1ccc(-c2nc(C(=O)OCC(=O)NCC(F)(F)F)cs2)cc1OC. The second kappa shape index (κ2) is 8.71. The van der Waals surface area contributed by atoms with Crippen molar-refractivity contribution < 1.29 is 37.0 Å². The monoisotopic (exact) mass is 404 g/mol. The van der Waals surface area contributed by atoms with Crippen LogP contribution < -0.4 is 14.8 Å². The van der Waals surface area contributed by atoms with E-state index >= 15 is 0 Å². The van der Waals surface area contributed by atoms with Crippen LogP contribution >= 0.6 is 11.3 Å². The van der Waals surface area contributed by atoms with Crippen molar-refractivity contribution in [2.24, 2.45) is 0 Å². The van der Waals surface area contributed by atoms with Crippen LogP contribution in [0, 0.1) is 0 Å². The van der Waals surface area contributed by atoms with Crippen molar-refractivity contribution in [3.05, 3.63) is 29.3 Å². The molecule has 1 heterocycles. The summed E-state index contributed by atoms with van der Waals surface area (Å²) < 4.78 is 51.0. The van der Waals surface area contributed by atoms with Crippen LogP contribution in [0.2, 0.25) is 0 Å². The zero-order chi connectivity index (χ0) is 20.0. The summed E-state index contributed by atoms with van der Waals surface area (Å²) in [7, 11) is 2.98. The lowest BCUT2D eigenvalue weighted by Crippen LogP contribution is -2.36. The smallest absolute Gasteiger partial charge is 0.405 e.